The zero-order valence-corrected chi connectivity index (χ0v) is 12.2. The van der Waals surface area contributed by atoms with Crippen molar-refractivity contribution in [2.45, 2.75) is 59.0 Å². The molecule has 1 unspecified atom stereocenters. The number of ketones is 1. The number of nitrogens with one attached hydrogen (secondary N) is 1. The van der Waals surface area contributed by atoms with Gasteiger partial charge in [0.25, 0.3) is 0 Å². The van der Waals surface area contributed by atoms with Gasteiger partial charge in [-0.1, -0.05) is 51.7 Å². The molecule has 1 N–H and O–H groups in total. The molecule has 2 rings (SSSR count). The number of unbranched alkanes of at least 4 members (excludes halogenated alkanes) is 1. The van der Waals surface area contributed by atoms with Crippen LogP contribution in [0.25, 0.3) is 0 Å². The Balaban J connectivity index is 1.99. The number of carbonyl (C=O) groups excluding carboxylic acids is 1. The van der Waals surface area contributed by atoms with E-state index < -0.39 is 0 Å². The number of carbonyl (C=O) groups is 1. The molecule has 0 radical (unpaired) electrons. The van der Waals surface area contributed by atoms with Crippen molar-refractivity contribution in [2.75, 3.05) is 0 Å². The summed E-state index contributed by atoms with van der Waals surface area (Å²) in [6.45, 7) is 6.25. The number of benzene rings is 1. The molecule has 1 aromatic carbocycles. The van der Waals surface area contributed by atoms with Crippen LogP contribution in [0.5, 0.6) is 0 Å². The molecule has 0 saturated heterocycles. The van der Waals surface area contributed by atoms with E-state index in [4.69, 9.17) is 0 Å². The molecular weight excluding hydrogens is 234 g/mol. The third-order valence-corrected chi connectivity index (χ3v) is 4.18. The second kappa shape index (κ2) is 6.85. The standard InChI is InChI=1S/C17H25NO/c1-3-5-6-13(4-2)9-17(19)14-7-8-15-11-18-12-16(15)10-14/h7-8,10,13,18H,3-6,9,11-12H2,1-2H3. The monoisotopic (exact) mass is 259 g/mol. The van der Waals surface area contributed by atoms with Crippen LogP contribution in [0.1, 0.15) is 67.4 Å². The van der Waals surface area contributed by atoms with Gasteiger partial charge in [-0.25, -0.2) is 0 Å². The topological polar surface area (TPSA) is 29.1 Å². The van der Waals surface area contributed by atoms with Crippen LogP contribution >= 0.6 is 0 Å². The van der Waals surface area contributed by atoms with Crippen molar-refractivity contribution in [1.82, 2.24) is 5.32 Å². The summed E-state index contributed by atoms with van der Waals surface area (Å²) >= 11 is 0. The van der Waals surface area contributed by atoms with Gasteiger partial charge in [-0.05, 0) is 23.1 Å². The number of hydrogen-bond donors (Lipinski definition) is 1. The van der Waals surface area contributed by atoms with Crippen LogP contribution in [-0.4, -0.2) is 5.78 Å². The third kappa shape index (κ3) is 3.66. The predicted octanol–water partition coefficient (Wildman–Crippen LogP) is 4.08. The first-order valence-electron chi connectivity index (χ1n) is 7.60. The first kappa shape index (κ1) is 14.3. The molecule has 0 bridgehead atoms. The lowest BCUT2D eigenvalue weighted by Crippen LogP contribution is -2.09. The lowest BCUT2D eigenvalue weighted by atomic mass is 9.91. The fourth-order valence-corrected chi connectivity index (χ4v) is 2.79. The molecule has 1 heterocycles. The maximum Gasteiger partial charge on any atom is 0.163 e. The number of fused-ring (bicyclic) bond motifs is 1. The molecule has 0 spiro atoms. The summed E-state index contributed by atoms with van der Waals surface area (Å²) in [4.78, 5) is 12.4. The summed E-state index contributed by atoms with van der Waals surface area (Å²) in [7, 11) is 0. The lowest BCUT2D eigenvalue weighted by Gasteiger charge is -2.13. The van der Waals surface area contributed by atoms with Crippen LogP contribution in [0.3, 0.4) is 0 Å². The minimum absolute atomic E-state index is 0.317. The van der Waals surface area contributed by atoms with Crippen molar-refractivity contribution >= 4 is 5.78 Å². The first-order valence-corrected chi connectivity index (χ1v) is 7.60. The minimum atomic E-state index is 0.317. The molecule has 1 atom stereocenters. The Hall–Kier alpha value is -1.15. The van der Waals surface area contributed by atoms with E-state index in [0.717, 1.165) is 25.1 Å². The van der Waals surface area contributed by atoms with Gasteiger partial charge in [-0.15, -0.1) is 0 Å². The van der Waals surface area contributed by atoms with Gasteiger partial charge < -0.3 is 5.32 Å². The summed E-state index contributed by atoms with van der Waals surface area (Å²) in [5.74, 6) is 0.872. The Labute approximate surface area is 116 Å². The zero-order valence-electron chi connectivity index (χ0n) is 12.2. The Morgan fingerprint density at radius 2 is 2.05 bits per heavy atom. The smallest absolute Gasteiger partial charge is 0.163 e. The van der Waals surface area contributed by atoms with Crippen molar-refractivity contribution in [1.29, 1.82) is 0 Å². The second-order valence-corrected chi connectivity index (χ2v) is 5.63. The van der Waals surface area contributed by atoms with E-state index in [1.165, 1.54) is 30.4 Å². The van der Waals surface area contributed by atoms with Crippen molar-refractivity contribution in [2.24, 2.45) is 5.92 Å². The van der Waals surface area contributed by atoms with Gasteiger partial charge in [0.15, 0.2) is 5.78 Å². The number of rotatable bonds is 7. The highest BCUT2D eigenvalue weighted by atomic mass is 16.1. The Kier molecular flexibility index (Phi) is 5.15. The molecule has 2 heteroatoms. The van der Waals surface area contributed by atoms with E-state index in [1.54, 1.807) is 0 Å². The van der Waals surface area contributed by atoms with Crippen LogP contribution in [0.15, 0.2) is 18.2 Å². The average molecular weight is 259 g/mol. The largest absolute Gasteiger partial charge is 0.309 e. The highest BCUT2D eigenvalue weighted by Gasteiger charge is 2.16. The van der Waals surface area contributed by atoms with Gasteiger partial charge in [0.1, 0.15) is 0 Å². The summed E-state index contributed by atoms with van der Waals surface area (Å²) in [6, 6.07) is 6.19. The predicted molar refractivity (Wildman–Crippen MR) is 79.2 cm³/mol. The first-order chi connectivity index (χ1) is 9.24. The van der Waals surface area contributed by atoms with E-state index in [2.05, 4.69) is 31.3 Å². The maximum atomic E-state index is 12.4. The highest BCUT2D eigenvalue weighted by Crippen LogP contribution is 2.22. The summed E-state index contributed by atoms with van der Waals surface area (Å²) in [5.41, 5.74) is 3.54. The summed E-state index contributed by atoms with van der Waals surface area (Å²) in [6.07, 6.45) is 5.46. The molecule has 1 aromatic rings. The Morgan fingerprint density at radius 3 is 2.79 bits per heavy atom. The Morgan fingerprint density at radius 1 is 1.26 bits per heavy atom. The van der Waals surface area contributed by atoms with E-state index in [0.29, 0.717) is 18.1 Å². The van der Waals surface area contributed by atoms with E-state index >= 15 is 0 Å². The van der Waals surface area contributed by atoms with Gasteiger partial charge in [-0.3, -0.25) is 4.79 Å². The normalized spacial score (nSPS) is 15.3. The summed E-state index contributed by atoms with van der Waals surface area (Å²) in [5, 5.41) is 3.32. The number of Topliss-reactive ketones (excluding diaryl/α,β-unsaturated/α-hetero) is 1. The molecule has 1 aliphatic heterocycles. The fraction of sp³-hybridized carbons (Fsp3) is 0.588. The quantitative estimate of drug-likeness (QED) is 0.748. The zero-order chi connectivity index (χ0) is 13.7. The molecule has 19 heavy (non-hydrogen) atoms. The molecule has 104 valence electrons. The lowest BCUT2D eigenvalue weighted by molar-refractivity contribution is 0.0957. The van der Waals surface area contributed by atoms with Crippen LogP contribution in [0.2, 0.25) is 0 Å². The minimum Gasteiger partial charge on any atom is -0.309 e. The molecule has 2 nitrogen and oxygen atoms in total. The molecule has 0 amide bonds. The van der Waals surface area contributed by atoms with Gasteiger partial charge in [-0.2, -0.15) is 0 Å². The third-order valence-electron chi connectivity index (χ3n) is 4.18. The van der Waals surface area contributed by atoms with Gasteiger partial charge >= 0.3 is 0 Å². The second-order valence-electron chi connectivity index (χ2n) is 5.63. The number of hydrogen-bond acceptors (Lipinski definition) is 2. The molecule has 0 saturated carbocycles. The van der Waals surface area contributed by atoms with Crippen molar-refractivity contribution in [3.8, 4) is 0 Å². The van der Waals surface area contributed by atoms with Crippen LogP contribution < -0.4 is 5.32 Å². The van der Waals surface area contributed by atoms with Gasteiger partial charge in [0, 0.05) is 25.1 Å². The van der Waals surface area contributed by atoms with Gasteiger partial charge in [0.2, 0.25) is 0 Å². The van der Waals surface area contributed by atoms with Crippen LogP contribution in [-0.2, 0) is 13.1 Å². The highest BCUT2D eigenvalue weighted by molar-refractivity contribution is 5.96. The Bertz CT molecular complexity index is 439. The van der Waals surface area contributed by atoms with E-state index in [-0.39, 0.29) is 0 Å². The fourth-order valence-electron chi connectivity index (χ4n) is 2.79. The molecule has 0 aromatic heterocycles. The van der Waals surface area contributed by atoms with E-state index in [1.807, 2.05) is 6.07 Å². The maximum absolute atomic E-state index is 12.4. The van der Waals surface area contributed by atoms with Crippen molar-refractivity contribution in [3.05, 3.63) is 34.9 Å². The molecule has 0 fully saturated rings. The molecular formula is C17H25NO. The molecule has 0 aliphatic carbocycles. The van der Waals surface area contributed by atoms with Crippen LogP contribution in [0.4, 0.5) is 0 Å². The van der Waals surface area contributed by atoms with Crippen molar-refractivity contribution in [3.63, 3.8) is 0 Å². The van der Waals surface area contributed by atoms with Crippen molar-refractivity contribution < 1.29 is 4.79 Å². The average Bonchev–Trinajstić information content (AvgIpc) is 2.90. The van der Waals surface area contributed by atoms with Gasteiger partial charge in [0.05, 0.1) is 0 Å². The summed E-state index contributed by atoms with van der Waals surface area (Å²) < 4.78 is 0. The SMILES string of the molecule is CCCCC(CC)CC(=O)c1ccc2c(c1)CNC2. The van der Waals surface area contributed by atoms with Crippen LogP contribution in [0, 0.1) is 5.92 Å². The van der Waals surface area contributed by atoms with E-state index in [9.17, 15) is 4.79 Å². The molecule has 1 aliphatic rings.